The van der Waals surface area contributed by atoms with Crippen LogP contribution >= 0.6 is 11.3 Å². The Morgan fingerprint density at radius 2 is 1.93 bits per heavy atom. The van der Waals surface area contributed by atoms with Crippen molar-refractivity contribution in [3.63, 3.8) is 0 Å². The molecule has 0 aliphatic carbocycles. The van der Waals surface area contributed by atoms with E-state index in [1.807, 2.05) is 17.6 Å². The standard InChI is InChI=1S/C24H25FN4S/c1-28-12-13-29(15-20(28)11-8-17-6-9-19(25)10-7-17)24-23-22(30-16-26-23)14-18-4-2-3-5-21(18)27-24/h2-7,9-10,16,20H,8,11-15H2,1H3. The Kier molecular flexibility index (Phi) is 5.35. The minimum absolute atomic E-state index is 0.176. The van der Waals surface area contributed by atoms with Crippen LogP contribution in [0.5, 0.6) is 0 Å². The average Bonchev–Trinajstić information content (AvgIpc) is 3.15. The molecule has 3 heterocycles. The van der Waals surface area contributed by atoms with Gasteiger partial charge in [0.25, 0.3) is 0 Å². The minimum Gasteiger partial charge on any atom is -0.352 e. The summed E-state index contributed by atoms with van der Waals surface area (Å²) in [6.45, 7) is 2.87. The Morgan fingerprint density at radius 1 is 1.10 bits per heavy atom. The Balaban J connectivity index is 1.38. The molecule has 1 saturated heterocycles. The molecule has 30 heavy (non-hydrogen) atoms. The van der Waals surface area contributed by atoms with Crippen LogP contribution in [0.15, 0.2) is 59.0 Å². The third-order valence-corrected chi connectivity index (χ3v) is 7.01. The minimum atomic E-state index is -0.176. The fourth-order valence-electron chi connectivity index (χ4n) is 4.34. The fourth-order valence-corrected chi connectivity index (χ4v) is 5.12. The third kappa shape index (κ3) is 3.89. The number of nitrogens with zero attached hydrogens (tertiary/aromatic N) is 4. The van der Waals surface area contributed by atoms with Crippen LogP contribution in [0.1, 0.15) is 28.1 Å². The number of aromatic nitrogens is 1. The molecule has 6 heteroatoms. The topological polar surface area (TPSA) is 31.7 Å². The van der Waals surface area contributed by atoms with Crippen molar-refractivity contribution in [2.45, 2.75) is 25.3 Å². The average molecular weight is 421 g/mol. The molecular formula is C24H25FN4S. The van der Waals surface area contributed by atoms with Crippen molar-refractivity contribution in [1.82, 2.24) is 14.8 Å². The highest BCUT2D eigenvalue weighted by atomic mass is 32.1. The van der Waals surface area contributed by atoms with E-state index in [1.54, 1.807) is 23.5 Å². The van der Waals surface area contributed by atoms with Gasteiger partial charge in [-0.25, -0.2) is 14.4 Å². The summed E-state index contributed by atoms with van der Waals surface area (Å²) in [5, 5.41) is 0. The van der Waals surface area contributed by atoms with Crippen LogP contribution in [0, 0.1) is 5.82 Å². The number of rotatable bonds is 3. The maximum Gasteiger partial charge on any atom is 0.156 e. The van der Waals surface area contributed by atoms with Gasteiger partial charge < -0.3 is 4.90 Å². The normalized spacial score (nSPS) is 19.1. The summed E-state index contributed by atoms with van der Waals surface area (Å²) < 4.78 is 13.2. The van der Waals surface area contributed by atoms with E-state index in [0.717, 1.165) is 56.1 Å². The molecule has 2 aromatic carbocycles. The maximum absolute atomic E-state index is 13.2. The highest BCUT2D eigenvalue weighted by molar-refractivity contribution is 7.10. The van der Waals surface area contributed by atoms with Crippen molar-refractivity contribution < 1.29 is 4.39 Å². The van der Waals surface area contributed by atoms with Crippen molar-refractivity contribution in [1.29, 1.82) is 0 Å². The molecule has 0 saturated carbocycles. The van der Waals surface area contributed by atoms with E-state index in [4.69, 9.17) is 9.98 Å². The molecule has 0 radical (unpaired) electrons. The smallest absolute Gasteiger partial charge is 0.156 e. The molecule has 5 rings (SSSR count). The molecule has 3 aromatic rings. The molecular weight excluding hydrogens is 395 g/mol. The van der Waals surface area contributed by atoms with E-state index >= 15 is 0 Å². The van der Waals surface area contributed by atoms with E-state index in [0.29, 0.717) is 6.04 Å². The lowest BCUT2D eigenvalue weighted by atomic mass is 10.0. The van der Waals surface area contributed by atoms with Crippen molar-refractivity contribution in [2.24, 2.45) is 4.99 Å². The number of thiazole rings is 1. The second-order valence-electron chi connectivity index (χ2n) is 8.11. The number of aliphatic imine (C=N–C) groups is 1. The van der Waals surface area contributed by atoms with Crippen molar-refractivity contribution in [3.05, 3.63) is 81.6 Å². The second-order valence-corrected chi connectivity index (χ2v) is 9.05. The Hall–Kier alpha value is -2.57. The van der Waals surface area contributed by atoms with Crippen LogP contribution in [0.4, 0.5) is 10.1 Å². The number of hydrogen-bond donors (Lipinski definition) is 0. The van der Waals surface area contributed by atoms with E-state index in [2.05, 4.69) is 41.1 Å². The van der Waals surface area contributed by atoms with Gasteiger partial charge in [0.05, 0.1) is 11.2 Å². The number of benzene rings is 2. The molecule has 0 amide bonds. The summed E-state index contributed by atoms with van der Waals surface area (Å²) in [6.07, 6.45) is 2.87. The van der Waals surface area contributed by atoms with Crippen molar-refractivity contribution in [3.8, 4) is 0 Å². The first kappa shape index (κ1) is 19.4. The van der Waals surface area contributed by atoms with Gasteiger partial charge in [-0.3, -0.25) is 4.90 Å². The first-order valence-corrected chi connectivity index (χ1v) is 11.3. The number of amidine groups is 1. The summed E-state index contributed by atoms with van der Waals surface area (Å²) in [5.41, 5.74) is 6.48. The Morgan fingerprint density at radius 3 is 2.80 bits per heavy atom. The predicted molar refractivity (Wildman–Crippen MR) is 120 cm³/mol. The maximum atomic E-state index is 13.2. The number of halogens is 1. The van der Waals surface area contributed by atoms with Crippen LogP contribution in [0.3, 0.4) is 0 Å². The third-order valence-electron chi connectivity index (χ3n) is 6.18. The van der Waals surface area contributed by atoms with Crippen LogP contribution in [-0.4, -0.2) is 53.3 Å². The van der Waals surface area contributed by atoms with E-state index < -0.39 is 0 Å². The first-order valence-electron chi connectivity index (χ1n) is 10.5. The summed E-state index contributed by atoms with van der Waals surface area (Å²) in [7, 11) is 2.20. The predicted octanol–water partition coefficient (Wildman–Crippen LogP) is 4.51. The summed E-state index contributed by atoms with van der Waals surface area (Å²) in [4.78, 5) is 15.9. The summed E-state index contributed by atoms with van der Waals surface area (Å²) in [5.74, 6) is 0.835. The van der Waals surface area contributed by atoms with Gasteiger partial charge >= 0.3 is 0 Å². The number of fused-ring (bicyclic) bond motifs is 2. The molecule has 2 aliphatic heterocycles. The van der Waals surface area contributed by atoms with Gasteiger partial charge in [-0.15, -0.1) is 11.3 Å². The van der Waals surface area contributed by atoms with Gasteiger partial charge in [0.1, 0.15) is 11.5 Å². The van der Waals surface area contributed by atoms with Crippen molar-refractivity contribution >= 4 is 22.9 Å². The van der Waals surface area contributed by atoms with Crippen LogP contribution in [-0.2, 0) is 12.8 Å². The van der Waals surface area contributed by atoms with E-state index in [9.17, 15) is 4.39 Å². The number of aryl methyl sites for hydroxylation is 1. The zero-order valence-corrected chi connectivity index (χ0v) is 17.9. The SMILES string of the molecule is CN1CCN(C2=Nc3ccccc3Cc3scnc32)CC1CCc1ccc(F)cc1. The highest BCUT2D eigenvalue weighted by Gasteiger charge is 2.30. The molecule has 2 aliphatic rings. The van der Waals surface area contributed by atoms with Gasteiger partial charge in [-0.2, -0.15) is 0 Å². The molecule has 1 fully saturated rings. The monoisotopic (exact) mass is 420 g/mol. The van der Waals surface area contributed by atoms with Crippen LogP contribution in [0.25, 0.3) is 0 Å². The van der Waals surface area contributed by atoms with Crippen LogP contribution < -0.4 is 0 Å². The van der Waals surface area contributed by atoms with Gasteiger partial charge in [-0.05, 0) is 49.2 Å². The van der Waals surface area contributed by atoms with E-state index in [1.165, 1.54) is 16.0 Å². The van der Waals surface area contributed by atoms with E-state index in [-0.39, 0.29) is 5.82 Å². The molecule has 1 atom stereocenters. The molecule has 154 valence electrons. The second kappa shape index (κ2) is 8.28. The number of hydrogen-bond acceptors (Lipinski definition) is 5. The molecule has 1 unspecified atom stereocenters. The van der Waals surface area contributed by atoms with Gasteiger partial charge in [-0.1, -0.05) is 30.3 Å². The van der Waals surface area contributed by atoms with Gasteiger partial charge in [0, 0.05) is 37.0 Å². The van der Waals surface area contributed by atoms with Crippen LogP contribution in [0.2, 0.25) is 0 Å². The summed E-state index contributed by atoms with van der Waals surface area (Å²) in [6, 6.07) is 15.7. The first-order chi connectivity index (χ1) is 14.7. The zero-order chi connectivity index (χ0) is 20.5. The Bertz CT molecular complexity index is 1060. The number of para-hydroxylation sites is 1. The van der Waals surface area contributed by atoms with Crippen molar-refractivity contribution in [2.75, 3.05) is 26.7 Å². The van der Waals surface area contributed by atoms with Gasteiger partial charge in [0.15, 0.2) is 5.84 Å². The Labute approximate surface area is 180 Å². The molecule has 0 bridgehead atoms. The highest BCUT2D eigenvalue weighted by Crippen LogP contribution is 2.31. The lowest BCUT2D eigenvalue weighted by Gasteiger charge is -2.40. The molecule has 1 aromatic heterocycles. The zero-order valence-electron chi connectivity index (χ0n) is 17.1. The number of likely N-dealkylation sites (N-methyl/N-ethyl adjacent to an activating group) is 1. The quantitative estimate of drug-likeness (QED) is 0.625. The lowest BCUT2D eigenvalue weighted by molar-refractivity contribution is 0.134. The number of piperazine rings is 1. The largest absolute Gasteiger partial charge is 0.352 e. The lowest BCUT2D eigenvalue weighted by Crippen LogP contribution is -2.53. The molecule has 0 N–H and O–H groups in total. The summed E-state index contributed by atoms with van der Waals surface area (Å²) >= 11 is 1.72. The fraction of sp³-hybridized carbons (Fsp3) is 0.333. The van der Waals surface area contributed by atoms with Gasteiger partial charge in [0.2, 0.25) is 0 Å². The molecule has 4 nitrogen and oxygen atoms in total. The molecule has 0 spiro atoms.